The van der Waals surface area contributed by atoms with Crippen molar-refractivity contribution in [3.8, 4) is 0 Å². The number of nitrogens with one attached hydrogen (secondary N) is 2. The molecule has 2 aromatic rings. The molecule has 0 bridgehead atoms. The van der Waals surface area contributed by atoms with Gasteiger partial charge < -0.3 is 10.4 Å². The molecule has 0 aliphatic rings. The van der Waals surface area contributed by atoms with Crippen molar-refractivity contribution in [1.29, 1.82) is 0 Å². The van der Waals surface area contributed by atoms with Crippen LogP contribution in [0.2, 0.25) is 0 Å². The number of carboxylic acids is 1. The SMILES string of the molecule is CC(C)C(CC(=O)O)NC(=O)Nc1nc2ccccc2s1. The van der Waals surface area contributed by atoms with Crippen LogP contribution in [0.15, 0.2) is 24.3 Å². The largest absolute Gasteiger partial charge is 0.481 e. The topological polar surface area (TPSA) is 91.3 Å². The Morgan fingerprint density at radius 3 is 2.67 bits per heavy atom. The maximum atomic E-state index is 11.9. The molecule has 0 fully saturated rings. The molecule has 1 aromatic heterocycles. The van der Waals surface area contributed by atoms with Crippen molar-refractivity contribution in [3.05, 3.63) is 24.3 Å². The zero-order valence-corrected chi connectivity index (χ0v) is 12.6. The van der Waals surface area contributed by atoms with Gasteiger partial charge in [0.05, 0.1) is 16.6 Å². The number of nitrogens with zero attached hydrogens (tertiary/aromatic N) is 1. The van der Waals surface area contributed by atoms with Crippen LogP contribution in [0.25, 0.3) is 10.2 Å². The van der Waals surface area contributed by atoms with Crippen molar-refractivity contribution < 1.29 is 14.7 Å². The van der Waals surface area contributed by atoms with E-state index in [1.54, 1.807) is 0 Å². The van der Waals surface area contributed by atoms with E-state index in [0.29, 0.717) is 5.13 Å². The Hall–Kier alpha value is -2.15. The van der Waals surface area contributed by atoms with E-state index >= 15 is 0 Å². The lowest BCUT2D eigenvalue weighted by molar-refractivity contribution is -0.137. The third-order valence-corrected chi connectivity index (χ3v) is 3.98. The first kappa shape index (κ1) is 15.2. The molecule has 3 N–H and O–H groups in total. The monoisotopic (exact) mass is 307 g/mol. The summed E-state index contributed by atoms with van der Waals surface area (Å²) >= 11 is 1.38. The first-order valence-electron chi connectivity index (χ1n) is 6.60. The zero-order chi connectivity index (χ0) is 15.4. The molecule has 1 unspecified atom stereocenters. The minimum absolute atomic E-state index is 0.0298. The van der Waals surface area contributed by atoms with Crippen LogP contribution in [0.4, 0.5) is 9.93 Å². The molecule has 0 aliphatic carbocycles. The molecule has 0 aliphatic heterocycles. The number of anilines is 1. The van der Waals surface area contributed by atoms with Gasteiger partial charge in [-0.1, -0.05) is 37.3 Å². The molecule has 21 heavy (non-hydrogen) atoms. The predicted octanol–water partition coefficient (Wildman–Crippen LogP) is 2.92. The van der Waals surface area contributed by atoms with Gasteiger partial charge in [0.15, 0.2) is 5.13 Å². The number of aliphatic carboxylic acids is 1. The molecule has 112 valence electrons. The molecule has 1 atom stereocenters. The summed E-state index contributed by atoms with van der Waals surface area (Å²) in [6.07, 6.45) is -0.106. The molecule has 0 saturated heterocycles. The number of carboxylic acid groups (broad SMARTS) is 1. The van der Waals surface area contributed by atoms with Gasteiger partial charge in [-0.05, 0) is 18.1 Å². The summed E-state index contributed by atoms with van der Waals surface area (Å²) in [6.45, 7) is 3.73. The van der Waals surface area contributed by atoms with Crippen LogP contribution in [-0.2, 0) is 4.79 Å². The van der Waals surface area contributed by atoms with Crippen LogP contribution >= 0.6 is 11.3 Å². The number of hydrogen-bond donors (Lipinski definition) is 3. The normalized spacial score (nSPS) is 12.3. The van der Waals surface area contributed by atoms with E-state index in [2.05, 4.69) is 15.6 Å². The third-order valence-electron chi connectivity index (χ3n) is 3.03. The first-order chi connectivity index (χ1) is 9.95. The predicted molar refractivity (Wildman–Crippen MR) is 82.7 cm³/mol. The molecule has 2 rings (SSSR count). The first-order valence-corrected chi connectivity index (χ1v) is 7.42. The van der Waals surface area contributed by atoms with Gasteiger partial charge in [-0.3, -0.25) is 10.1 Å². The minimum Gasteiger partial charge on any atom is -0.481 e. The number of para-hydroxylation sites is 1. The fraction of sp³-hybridized carbons (Fsp3) is 0.357. The van der Waals surface area contributed by atoms with Crippen LogP contribution in [0.5, 0.6) is 0 Å². The lowest BCUT2D eigenvalue weighted by atomic mass is 10.0. The minimum atomic E-state index is -0.936. The molecule has 2 amide bonds. The summed E-state index contributed by atoms with van der Waals surface area (Å²) in [5, 5.41) is 14.7. The molecule has 1 heterocycles. The van der Waals surface area contributed by atoms with E-state index in [1.807, 2.05) is 38.1 Å². The van der Waals surface area contributed by atoms with Gasteiger partial charge in [0.25, 0.3) is 0 Å². The van der Waals surface area contributed by atoms with Crippen molar-refractivity contribution in [2.45, 2.75) is 26.3 Å². The number of urea groups is 1. The van der Waals surface area contributed by atoms with E-state index in [-0.39, 0.29) is 12.3 Å². The average molecular weight is 307 g/mol. The second-order valence-corrected chi connectivity index (χ2v) is 6.06. The zero-order valence-electron chi connectivity index (χ0n) is 11.8. The average Bonchev–Trinajstić information content (AvgIpc) is 2.79. The highest BCUT2D eigenvalue weighted by molar-refractivity contribution is 7.22. The summed E-state index contributed by atoms with van der Waals surface area (Å²) in [7, 11) is 0. The molecule has 0 saturated carbocycles. The Morgan fingerprint density at radius 2 is 2.05 bits per heavy atom. The standard InChI is InChI=1S/C14H17N3O3S/c1-8(2)10(7-12(18)19)15-13(20)17-14-16-9-5-3-4-6-11(9)21-14/h3-6,8,10H,7H2,1-2H3,(H,18,19)(H2,15,16,17,20). The summed E-state index contributed by atoms with van der Waals surface area (Å²) in [5.41, 5.74) is 0.823. The summed E-state index contributed by atoms with van der Waals surface area (Å²) in [4.78, 5) is 27.0. The lowest BCUT2D eigenvalue weighted by Crippen LogP contribution is -2.42. The number of carbonyl (C=O) groups is 2. The molecule has 0 radical (unpaired) electrons. The van der Waals surface area contributed by atoms with Crippen LogP contribution in [0, 0.1) is 5.92 Å². The number of fused-ring (bicyclic) bond motifs is 1. The van der Waals surface area contributed by atoms with Crippen LogP contribution in [-0.4, -0.2) is 28.1 Å². The number of hydrogen-bond acceptors (Lipinski definition) is 4. The number of carbonyl (C=O) groups excluding carboxylic acids is 1. The van der Waals surface area contributed by atoms with Crippen LogP contribution in [0.1, 0.15) is 20.3 Å². The van der Waals surface area contributed by atoms with Crippen molar-refractivity contribution in [2.75, 3.05) is 5.32 Å². The maximum Gasteiger partial charge on any atom is 0.321 e. The van der Waals surface area contributed by atoms with Crippen molar-refractivity contribution >= 4 is 38.7 Å². The van der Waals surface area contributed by atoms with E-state index < -0.39 is 18.0 Å². The van der Waals surface area contributed by atoms with E-state index in [0.717, 1.165) is 10.2 Å². The van der Waals surface area contributed by atoms with Gasteiger partial charge in [0, 0.05) is 6.04 Å². The fourth-order valence-electron chi connectivity index (χ4n) is 1.87. The number of benzene rings is 1. The Labute approximate surface area is 126 Å². The molecule has 1 aromatic carbocycles. The van der Waals surface area contributed by atoms with Crippen molar-refractivity contribution in [1.82, 2.24) is 10.3 Å². The lowest BCUT2D eigenvalue weighted by Gasteiger charge is -2.20. The highest BCUT2D eigenvalue weighted by atomic mass is 32.1. The third kappa shape index (κ3) is 4.16. The molecule has 0 spiro atoms. The second-order valence-electron chi connectivity index (χ2n) is 5.03. The molecular weight excluding hydrogens is 290 g/mol. The van der Waals surface area contributed by atoms with Crippen LogP contribution < -0.4 is 10.6 Å². The van der Waals surface area contributed by atoms with E-state index in [1.165, 1.54) is 11.3 Å². The Kier molecular flexibility index (Phi) is 4.74. The van der Waals surface area contributed by atoms with Gasteiger partial charge in [-0.25, -0.2) is 9.78 Å². The van der Waals surface area contributed by atoms with Crippen molar-refractivity contribution in [2.24, 2.45) is 5.92 Å². The van der Waals surface area contributed by atoms with Gasteiger partial charge in [0.1, 0.15) is 0 Å². The molecular formula is C14H17N3O3S. The highest BCUT2D eigenvalue weighted by Crippen LogP contribution is 2.25. The number of amides is 2. The Bertz CT molecular complexity index is 621. The highest BCUT2D eigenvalue weighted by Gasteiger charge is 2.19. The van der Waals surface area contributed by atoms with E-state index in [9.17, 15) is 9.59 Å². The number of thiazole rings is 1. The summed E-state index contributed by atoms with van der Waals surface area (Å²) in [6, 6.07) is 6.73. The number of aromatic nitrogens is 1. The van der Waals surface area contributed by atoms with Gasteiger partial charge >= 0.3 is 12.0 Å². The summed E-state index contributed by atoms with van der Waals surface area (Å²) < 4.78 is 0.985. The second kappa shape index (κ2) is 6.53. The van der Waals surface area contributed by atoms with Gasteiger partial charge in [-0.15, -0.1) is 0 Å². The fourth-order valence-corrected chi connectivity index (χ4v) is 2.73. The smallest absolute Gasteiger partial charge is 0.321 e. The quantitative estimate of drug-likeness (QED) is 0.792. The Balaban J connectivity index is 2.01. The summed E-state index contributed by atoms with van der Waals surface area (Å²) in [5.74, 6) is -0.906. The van der Waals surface area contributed by atoms with Crippen LogP contribution in [0.3, 0.4) is 0 Å². The maximum absolute atomic E-state index is 11.9. The van der Waals surface area contributed by atoms with Gasteiger partial charge in [-0.2, -0.15) is 0 Å². The molecule has 6 nitrogen and oxygen atoms in total. The van der Waals surface area contributed by atoms with Gasteiger partial charge in [0.2, 0.25) is 0 Å². The molecule has 7 heteroatoms. The Morgan fingerprint density at radius 1 is 1.33 bits per heavy atom. The number of rotatable bonds is 5. The van der Waals surface area contributed by atoms with Crippen molar-refractivity contribution in [3.63, 3.8) is 0 Å². The van der Waals surface area contributed by atoms with E-state index in [4.69, 9.17) is 5.11 Å².